The molecule has 2 heterocycles. The third kappa shape index (κ3) is 3.19. The third-order valence-corrected chi connectivity index (χ3v) is 3.65. The topological polar surface area (TPSA) is 89.8 Å². The van der Waals surface area contributed by atoms with E-state index < -0.39 is 0 Å². The molecule has 7 heteroatoms. The number of rotatable bonds is 4. The summed E-state index contributed by atoms with van der Waals surface area (Å²) in [5.74, 6) is -0.236. The zero-order valence-corrected chi connectivity index (χ0v) is 12.2. The third-order valence-electron chi connectivity index (χ3n) is 3.65. The molecule has 0 radical (unpaired) electrons. The van der Waals surface area contributed by atoms with Gasteiger partial charge in [0.1, 0.15) is 0 Å². The molecule has 0 atom stereocenters. The van der Waals surface area contributed by atoms with Crippen LogP contribution in [0.4, 0.5) is 0 Å². The maximum Gasteiger partial charge on any atom is 0.289 e. The first-order valence-electron chi connectivity index (χ1n) is 7.39. The highest BCUT2D eigenvalue weighted by Crippen LogP contribution is 2.16. The van der Waals surface area contributed by atoms with Crippen LogP contribution in [0.15, 0.2) is 29.3 Å². The number of amides is 1. The largest absolute Gasteiger partial charge is 0.347 e. The Kier molecular flexibility index (Phi) is 4.22. The Morgan fingerprint density at radius 2 is 2.00 bits per heavy atom. The summed E-state index contributed by atoms with van der Waals surface area (Å²) in [6.45, 7) is 0.646. The Bertz CT molecular complexity index is 726. The molecule has 1 aliphatic carbocycles. The Labute approximate surface area is 127 Å². The van der Waals surface area contributed by atoms with Crippen LogP contribution in [0.3, 0.4) is 0 Å². The minimum Gasteiger partial charge on any atom is -0.347 e. The van der Waals surface area contributed by atoms with Crippen LogP contribution in [-0.2, 0) is 19.4 Å². The fourth-order valence-corrected chi connectivity index (χ4v) is 2.53. The van der Waals surface area contributed by atoms with Crippen molar-refractivity contribution in [2.45, 2.75) is 32.2 Å². The van der Waals surface area contributed by atoms with Crippen molar-refractivity contribution in [2.75, 3.05) is 6.54 Å². The van der Waals surface area contributed by atoms with Crippen LogP contribution >= 0.6 is 0 Å². The molecule has 0 bridgehead atoms. The molecule has 1 aliphatic rings. The fraction of sp³-hybridized carbons (Fsp3) is 0.400. The van der Waals surface area contributed by atoms with Crippen molar-refractivity contribution in [3.8, 4) is 0 Å². The van der Waals surface area contributed by atoms with Gasteiger partial charge in [-0.15, -0.1) is 0 Å². The molecule has 0 saturated heterocycles. The van der Waals surface area contributed by atoms with E-state index in [0.717, 1.165) is 36.9 Å². The number of carbonyl (C=O) groups excluding carboxylic acids is 1. The molecule has 0 unspecified atom stereocenters. The molecule has 22 heavy (non-hydrogen) atoms. The molecule has 2 aromatic heterocycles. The van der Waals surface area contributed by atoms with Crippen LogP contribution in [-0.4, -0.2) is 32.2 Å². The lowest BCUT2D eigenvalue weighted by Crippen LogP contribution is -2.33. The zero-order chi connectivity index (χ0) is 15.4. The van der Waals surface area contributed by atoms with Crippen LogP contribution in [0, 0.1) is 0 Å². The van der Waals surface area contributed by atoms with Crippen molar-refractivity contribution in [1.82, 2.24) is 25.1 Å². The molecule has 1 N–H and O–H groups in total. The van der Waals surface area contributed by atoms with Crippen molar-refractivity contribution in [3.63, 3.8) is 0 Å². The minimum atomic E-state index is -0.355. The van der Waals surface area contributed by atoms with E-state index in [2.05, 4.69) is 20.4 Å². The fourth-order valence-electron chi connectivity index (χ4n) is 2.53. The number of carbonyl (C=O) groups is 1. The molecule has 1 amide bonds. The van der Waals surface area contributed by atoms with E-state index in [9.17, 15) is 9.59 Å². The van der Waals surface area contributed by atoms with Gasteiger partial charge in [0.25, 0.3) is 11.5 Å². The van der Waals surface area contributed by atoms with Crippen LogP contribution in [0.1, 0.15) is 34.7 Å². The van der Waals surface area contributed by atoms with E-state index in [1.54, 1.807) is 12.1 Å². The molecular weight excluding hydrogens is 282 g/mol. The molecule has 114 valence electrons. The van der Waals surface area contributed by atoms with Crippen molar-refractivity contribution in [2.24, 2.45) is 0 Å². The number of nitrogens with one attached hydrogen (secondary N) is 1. The summed E-state index contributed by atoms with van der Waals surface area (Å²) in [7, 11) is 0. The van der Waals surface area contributed by atoms with Gasteiger partial charge >= 0.3 is 0 Å². The van der Waals surface area contributed by atoms with Gasteiger partial charge in [-0.2, -0.15) is 5.10 Å². The summed E-state index contributed by atoms with van der Waals surface area (Å²) >= 11 is 0. The van der Waals surface area contributed by atoms with Crippen molar-refractivity contribution in [1.29, 1.82) is 0 Å². The molecule has 2 aromatic rings. The van der Waals surface area contributed by atoms with Gasteiger partial charge in [0.15, 0.2) is 0 Å². The predicted octanol–water partition coefficient (Wildman–Crippen LogP) is 0.342. The highest BCUT2D eigenvalue weighted by Gasteiger charge is 2.13. The predicted molar refractivity (Wildman–Crippen MR) is 79.5 cm³/mol. The van der Waals surface area contributed by atoms with Gasteiger partial charge in [0.2, 0.25) is 5.82 Å². The lowest BCUT2D eigenvalue weighted by atomic mass is 9.97. The van der Waals surface area contributed by atoms with E-state index in [0.29, 0.717) is 13.1 Å². The average Bonchev–Trinajstić information content (AvgIpc) is 2.56. The molecule has 3 rings (SSSR count). The van der Waals surface area contributed by atoms with E-state index in [1.165, 1.54) is 17.1 Å². The molecule has 0 aromatic carbocycles. The SMILES string of the molecule is O=C(NCCn1nc2c(cc1=O)CCCC2)c1ncccn1. The summed E-state index contributed by atoms with van der Waals surface area (Å²) in [6.07, 6.45) is 7.10. The van der Waals surface area contributed by atoms with E-state index in [-0.39, 0.29) is 17.3 Å². The van der Waals surface area contributed by atoms with Crippen LogP contribution in [0.25, 0.3) is 0 Å². The summed E-state index contributed by atoms with van der Waals surface area (Å²) in [6, 6.07) is 3.32. The average molecular weight is 299 g/mol. The summed E-state index contributed by atoms with van der Waals surface area (Å²) in [5.41, 5.74) is 1.95. The maximum absolute atomic E-state index is 12.0. The maximum atomic E-state index is 12.0. The van der Waals surface area contributed by atoms with Gasteiger partial charge < -0.3 is 5.32 Å². The van der Waals surface area contributed by atoms with Gasteiger partial charge in [0, 0.05) is 25.0 Å². The van der Waals surface area contributed by atoms with Gasteiger partial charge in [-0.1, -0.05) is 0 Å². The first-order chi connectivity index (χ1) is 10.7. The molecule has 0 aliphatic heterocycles. The van der Waals surface area contributed by atoms with E-state index >= 15 is 0 Å². The van der Waals surface area contributed by atoms with Crippen molar-refractivity contribution < 1.29 is 4.79 Å². The first kappa shape index (κ1) is 14.4. The lowest BCUT2D eigenvalue weighted by molar-refractivity contribution is 0.0941. The standard InChI is InChI=1S/C15H17N5O2/c21-13-10-11-4-1-2-5-12(11)19-20(13)9-8-18-15(22)14-16-6-3-7-17-14/h3,6-7,10H,1-2,4-5,8-9H2,(H,18,22). The van der Waals surface area contributed by atoms with Gasteiger partial charge in [0.05, 0.1) is 12.2 Å². The summed E-state index contributed by atoms with van der Waals surface area (Å²) in [4.78, 5) is 31.6. The van der Waals surface area contributed by atoms with E-state index in [4.69, 9.17) is 0 Å². The van der Waals surface area contributed by atoms with Crippen LogP contribution in [0.5, 0.6) is 0 Å². The number of nitrogens with zero attached hydrogens (tertiary/aromatic N) is 4. The Hall–Kier alpha value is -2.57. The Balaban J connectivity index is 1.62. The molecule has 0 fully saturated rings. The molecule has 0 spiro atoms. The second-order valence-corrected chi connectivity index (χ2v) is 5.21. The minimum absolute atomic E-state index is 0.119. The van der Waals surface area contributed by atoms with Crippen LogP contribution in [0.2, 0.25) is 0 Å². The van der Waals surface area contributed by atoms with Gasteiger partial charge in [-0.05, 0) is 37.3 Å². The van der Waals surface area contributed by atoms with Gasteiger partial charge in [-0.25, -0.2) is 14.6 Å². The lowest BCUT2D eigenvalue weighted by Gasteiger charge is -2.15. The second-order valence-electron chi connectivity index (χ2n) is 5.21. The number of aryl methyl sites for hydroxylation is 2. The Morgan fingerprint density at radius 3 is 2.82 bits per heavy atom. The number of hydrogen-bond acceptors (Lipinski definition) is 5. The first-order valence-corrected chi connectivity index (χ1v) is 7.39. The van der Waals surface area contributed by atoms with Crippen molar-refractivity contribution >= 4 is 5.91 Å². The van der Waals surface area contributed by atoms with Crippen molar-refractivity contribution in [3.05, 3.63) is 52.0 Å². The molecule has 0 saturated carbocycles. The molecule has 7 nitrogen and oxygen atoms in total. The quantitative estimate of drug-likeness (QED) is 0.879. The number of fused-ring (bicyclic) bond motifs is 1. The van der Waals surface area contributed by atoms with E-state index in [1.807, 2.05) is 0 Å². The summed E-state index contributed by atoms with van der Waals surface area (Å²) in [5, 5.41) is 7.10. The monoisotopic (exact) mass is 299 g/mol. The molecular formula is C15H17N5O2. The number of aromatic nitrogens is 4. The second kappa shape index (κ2) is 6.46. The highest BCUT2D eigenvalue weighted by molar-refractivity contribution is 5.90. The normalized spacial score (nSPS) is 13.5. The Morgan fingerprint density at radius 1 is 1.23 bits per heavy atom. The smallest absolute Gasteiger partial charge is 0.289 e. The zero-order valence-electron chi connectivity index (χ0n) is 12.2. The van der Waals surface area contributed by atoms with Crippen LogP contribution < -0.4 is 10.9 Å². The van der Waals surface area contributed by atoms with Gasteiger partial charge in [-0.3, -0.25) is 9.59 Å². The highest BCUT2D eigenvalue weighted by atomic mass is 16.2. The summed E-state index contributed by atoms with van der Waals surface area (Å²) < 4.78 is 1.41. The number of hydrogen-bond donors (Lipinski definition) is 1.